The molecule has 0 saturated carbocycles. The average molecular weight is 358 g/mol. The first-order valence-corrected chi connectivity index (χ1v) is 9.41. The lowest BCUT2D eigenvalue weighted by molar-refractivity contribution is -0.144. The van der Waals surface area contributed by atoms with Crippen molar-refractivity contribution in [2.75, 3.05) is 26.2 Å². The van der Waals surface area contributed by atoms with Gasteiger partial charge in [0.05, 0.1) is 0 Å². The summed E-state index contributed by atoms with van der Waals surface area (Å²) < 4.78 is 0. The molecule has 142 valence electrons. The highest BCUT2D eigenvalue weighted by Gasteiger charge is 2.30. The summed E-state index contributed by atoms with van der Waals surface area (Å²) in [6.07, 6.45) is 1.39. The maximum absolute atomic E-state index is 12.4. The third kappa shape index (κ3) is 5.16. The number of carbonyl (C=O) groups excluding carboxylic acids is 3. The van der Waals surface area contributed by atoms with Crippen molar-refractivity contribution in [2.24, 2.45) is 5.41 Å². The zero-order chi connectivity index (χ0) is 19.3. The summed E-state index contributed by atoms with van der Waals surface area (Å²) in [6.45, 7) is 10.0. The first-order valence-electron chi connectivity index (χ1n) is 9.41. The maximum Gasteiger partial charge on any atom is 0.228 e. The van der Waals surface area contributed by atoms with E-state index in [9.17, 15) is 14.4 Å². The van der Waals surface area contributed by atoms with Gasteiger partial charge in [0.2, 0.25) is 11.8 Å². The lowest BCUT2D eigenvalue weighted by atomic mass is 9.94. The molecule has 1 aliphatic heterocycles. The van der Waals surface area contributed by atoms with Gasteiger partial charge in [0.1, 0.15) is 0 Å². The number of benzene rings is 1. The van der Waals surface area contributed by atoms with Gasteiger partial charge in [0.25, 0.3) is 0 Å². The van der Waals surface area contributed by atoms with E-state index in [0.29, 0.717) is 31.7 Å². The number of nitrogens with zero attached hydrogens (tertiary/aromatic N) is 2. The highest BCUT2D eigenvalue weighted by molar-refractivity contribution is 5.98. The minimum absolute atomic E-state index is 0.00236. The number of rotatable bonds is 5. The molecule has 1 heterocycles. The molecule has 1 saturated heterocycles. The minimum atomic E-state index is -0.397. The number of amides is 2. The van der Waals surface area contributed by atoms with Crippen molar-refractivity contribution in [1.82, 2.24) is 9.80 Å². The van der Waals surface area contributed by atoms with Crippen LogP contribution in [-0.2, 0) is 16.0 Å². The summed E-state index contributed by atoms with van der Waals surface area (Å²) in [6, 6.07) is 7.59. The molecule has 1 aliphatic rings. The van der Waals surface area contributed by atoms with Gasteiger partial charge < -0.3 is 9.80 Å². The smallest absolute Gasteiger partial charge is 0.228 e. The molecule has 26 heavy (non-hydrogen) atoms. The Morgan fingerprint density at radius 3 is 1.92 bits per heavy atom. The van der Waals surface area contributed by atoms with Crippen LogP contribution in [0.15, 0.2) is 24.3 Å². The molecular formula is C21H30N2O3. The van der Waals surface area contributed by atoms with Crippen LogP contribution in [0, 0.1) is 5.41 Å². The van der Waals surface area contributed by atoms with Gasteiger partial charge in [-0.3, -0.25) is 14.4 Å². The Labute approximate surface area is 156 Å². The number of hydrogen-bond acceptors (Lipinski definition) is 3. The molecule has 0 radical (unpaired) electrons. The summed E-state index contributed by atoms with van der Waals surface area (Å²) in [5, 5.41) is 0. The van der Waals surface area contributed by atoms with Gasteiger partial charge in [-0.25, -0.2) is 0 Å². The highest BCUT2D eigenvalue weighted by Crippen LogP contribution is 2.19. The molecule has 0 spiro atoms. The minimum Gasteiger partial charge on any atom is -0.339 e. The summed E-state index contributed by atoms with van der Waals surface area (Å²) in [5.41, 5.74) is 1.46. The van der Waals surface area contributed by atoms with Crippen molar-refractivity contribution in [1.29, 1.82) is 0 Å². The number of carbonyl (C=O) groups is 3. The number of Topliss-reactive ketones (excluding diaryl/α,β-unsaturated/α-hetero) is 1. The van der Waals surface area contributed by atoms with E-state index in [1.54, 1.807) is 4.90 Å². The third-order valence-corrected chi connectivity index (χ3v) is 4.81. The molecule has 5 heteroatoms. The molecule has 1 aromatic carbocycles. The summed E-state index contributed by atoms with van der Waals surface area (Å²) in [4.78, 5) is 40.5. The molecule has 1 fully saturated rings. The molecule has 0 unspecified atom stereocenters. The Morgan fingerprint density at radius 1 is 0.885 bits per heavy atom. The Bertz CT molecular complexity index is 651. The van der Waals surface area contributed by atoms with Crippen molar-refractivity contribution in [2.45, 2.75) is 47.0 Å². The van der Waals surface area contributed by atoms with Crippen LogP contribution >= 0.6 is 0 Å². The van der Waals surface area contributed by atoms with E-state index in [2.05, 4.69) is 6.92 Å². The lowest BCUT2D eigenvalue weighted by Gasteiger charge is -2.37. The van der Waals surface area contributed by atoms with Crippen LogP contribution < -0.4 is 0 Å². The van der Waals surface area contributed by atoms with Crippen molar-refractivity contribution >= 4 is 17.6 Å². The van der Waals surface area contributed by atoms with Crippen LogP contribution in [0.4, 0.5) is 0 Å². The molecule has 5 nitrogen and oxygen atoms in total. The van der Waals surface area contributed by atoms with Crippen LogP contribution in [0.1, 0.15) is 56.5 Å². The first-order chi connectivity index (χ1) is 12.2. The van der Waals surface area contributed by atoms with Crippen LogP contribution in [0.5, 0.6) is 0 Å². The predicted molar refractivity (Wildman–Crippen MR) is 102 cm³/mol. The molecule has 0 atom stereocenters. The zero-order valence-corrected chi connectivity index (χ0v) is 16.4. The average Bonchev–Trinajstić information content (AvgIpc) is 2.64. The monoisotopic (exact) mass is 358 g/mol. The number of ketones is 1. The van der Waals surface area contributed by atoms with E-state index < -0.39 is 5.41 Å². The van der Waals surface area contributed by atoms with Crippen LogP contribution in [0.25, 0.3) is 0 Å². The van der Waals surface area contributed by atoms with Gasteiger partial charge >= 0.3 is 0 Å². The van der Waals surface area contributed by atoms with Crippen molar-refractivity contribution in [3.63, 3.8) is 0 Å². The molecule has 2 amide bonds. The van der Waals surface area contributed by atoms with Gasteiger partial charge in [0, 0.05) is 50.0 Å². The number of hydrogen-bond donors (Lipinski definition) is 0. The van der Waals surface area contributed by atoms with E-state index in [0.717, 1.165) is 6.42 Å². The summed E-state index contributed by atoms with van der Waals surface area (Å²) >= 11 is 0. The fourth-order valence-corrected chi connectivity index (χ4v) is 3.08. The van der Waals surface area contributed by atoms with Crippen LogP contribution in [-0.4, -0.2) is 53.6 Å². The Morgan fingerprint density at radius 2 is 1.42 bits per heavy atom. The third-order valence-electron chi connectivity index (χ3n) is 4.81. The molecular weight excluding hydrogens is 328 g/mol. The van der Waals surface area contributed by atoms with Crippen molar-refractivity contribution in [3.05, 3.63) is 35.4 Å². The second-order valence-corrected chi connectivity index (χ2v) is 7.90. The standard InChI is InChI=1S/C21H30N2O3/c1-5-16-6-8-17(9-7-16)18(24)10-11-19(25)22-12-14-23(15-13-22)20(26)21(2,3)4/h6-9H,5,10-15H2,1-4H3. The number of piperazine rings is 1. The molecule has 0 N–H and O–H groups in total. The number of aryl methyl sites for hydroxylation is 1. The topological polar surface area (TPSA) is 57.7 Å². The highest BCUT2D eigenvalue weighted by atomic mass is 16.2. The second-order valence-electron chi connectivity index (χ2n) is 7.90. The van der Waals surface area contributed by atoms with Gasteiger partial charge in [-0.2, -0.15) is 0 Å². The normalized spacial score (nSPS) is 15.1. The molecule has 2 rings (SSSR count). The van der Waals surface area contributed by atoms with Gasteiger partial charge in [-0.05, 0) is 12.0 Å². The van der Waals surface area contributed by atoms with Crippen molar-refractivity contribution in [3.8, 4) is 0 Å². The molecule has 0 aromatic heterocycles. The van der Waals surface area contributed by atoms with E-state index in [1.165, 1.54) is 5.56 Å². The van der Waals surface area contributed by atoms with E-state index >= 15 is 0 Å². The largest absolute Gasteiger partial charge is 0.339 e. The predicted octanol–water partition coefficient (Wildman–Crippen LogP) is 2.93. The van der Waals surface area contributed by atoms with E-state index in [4.69, 9.17) is 0 Å². The van der Waals surface area contributed by atoms with E-state index in [1.807, 2.05) is 49.9 Å². The van der Waals surface area contributed by atoms with E-state index in [-0.39, 0.29) is 30.4 Å². The van der Waals surface area contributed by atoms with Gasteiger partial charge in [0.15, 0.2) is 5.78 Å². The first kappa shape index (κ1) is 20.1. The summed E-state index contributed by atoms with van der Waals surface area (Å²) in [7, 11) is 0. The zero-order valence-electron chi connectivity index (χ0n) is 16.4. The lowest BCUT2D eigenvalue weighted by Crippen LogP contribution is -2.53. The summed E-state index contributed by atoms with van der Waals surface area (Å²) in [5.74, 6) is 0.115. The fraction of sp³-hybridized carbons (Fsp3) is 0.571. The molecule has 1 aromatic rings. The van der Waals surface area contributed by atoms with Crippen LogP contribution in [0.3, 0.4) is 0 Å². The van der Waals surface area contributed by atoms with Crippen molar-refractivity contribution < 1.29 is 14.4 Å². The quantitative estimate of drug-likeness (QED) is 0.761. The van der Waals surface area contributed by atoms with Crippen LogP contribution in [0.2, 0.25) is 0 Å². The SMILES string of the molecule is CCc1ccc(C(=O)CCC(=O)N2CCN(C(=O)C(C)(C)C)CC2)cc1. The maximum atomic E-state index is 12.4. The Balaban J connectivity index is 1.80. The van der Waals surface area contributed by atoms with Gasteiger partial charge in [-0.15, -0.1) is 0 Å². The molecule has 0 bridgehead atoms. The second kappa shape index (κ2) is 8.47. The van der Waals surface area contributed by atoms with Gasteiger partial charge in [-0.1, -0.05) is 52.0 Å². The fourth-order valence-electron chi connectivity index (χ4n) is 3.08. The Hall–Kier alpha value is -2.17. The Kier molecular flexibility index (Phi) is 6.57. The molecule has 0 aliphatic carbocycles.